The summed E-state index contributed by atoms with van der Waals surface area (Å²) in [5, 5.41) is 4.75. The summed E-state index contributed by atoms with van der Waals surface area (Å²) < 4.78 is 0. The molecule has 0 bridgehead atoms. The quantitative estimate of drug-likeness (QED) is 0.772. The first-order valence-corrected chi connectivity index (χ1v) is 9.21. The lowest BCUT2D eigenvalue weighted by atomic mass is 10.0. The molecule has 0 aliphatic heterocycles. The van der Waals surface area contributed by atoms with E-state index in [1.165, 1.54) is 28.5 Å². The molecular formula is C17H31N3S. The van der Waals surface area contributed by atoms with E-state index in [9.17, 15) is 0 Å². The molecule has 1 saturated carbocycles. The average Bonchev–Trinajstić information content (AvgIpc) is 3.22. The summed E-state index contributed by atoms with van der Waals surface area (Å²) in [6.07, 6.45) is 3.92. The standard InChI is InChI=1S/C17H31N3S/c1-7-12(4)16-15(10-18-11(2)3)21-17(19-16)20(6)13(5)14-8-9-14/h11-14,18H,7-10H2,1-6H3. The van der Waals surface area contributed by atoms with E-state index in [1.807, 2.05) is 11.3 Å². The number of hydrogen-bond acceptors (Lipinski definition) is 4. The summed E-state index contributed by atoms with van der Waals surface area (Å²) in [4.78, 5) is 8.81. The second kappa shape index (κ2) is 7.10. The van der Waals surface area contributed by atoms with Crippen LogP contribution in [-0.2, 0) is 6.54 Å². The first-order valence-electron chi connectivity index (χ1n) is 8.39. The Kier molecular flexibility index (Phi) is 5.67. The second-order valence-corrected chi connectivity index (χ2v) is 7.90. The highest BCUT2D eigenvalue weighted by molar-refractivity contribution is 7.15. The number of aromatic nitrogens is 1. The zero-order valence-electron chi connectivity index (χ0n) is 14.4. The molecule has 0 amide bonds. The van der Waals surface area contributed by atoms with E-state index in [0.29, 0.717) is 18.0 Å². The van der Waals surface area contributed by atoms with Crippen molar-refractivity contribution >= 4 is 16.5 Å². The largest absolute Gasteiger partial charge is 0.348 e. The van der Waals surface area contributed by atoms with E-state index in [2.05, 4.69) is 51.9 Å². The van der Waals surface area contributed by atoms with Crippen molar-refractivity contribution in [1.82, 2.24) is 10.3 Å². The molecule has 4 heteroatoms. The molecule has 1 aliphatic carbocycles. The van der Waals surface area contributed by atoms with Gasteiger partial charge in [-0.1, -0.05) is 27.7 Å². The van der Waals surface area contributed by atoms with Gasteiger partial charge in [0.15, 0.2) is 5.13 Å². The van der Waals surface area contributed by atoms with E-state index < -0.39 is 0 Å². The summed E-state index contributed by atoms with van der Waals surface area (Å²) in [6, 6.07) is 1.13. The van der Waals surface area contributed by atoms with Crippen molar-refractivity contribution in [3.8, 4) is 0 Å². The minimum atomic E-state index is 0.517. The molecule has 1 aromatic heterocycles. The van der Waals surface area contributed by atoms with E-state index in [-0.39, 0.29) is 0 Å². The molecule has 0 radical (unpaired) electrons. The van der Waals surface area contributed by atoms with Crippen LogP contribution < -0.4 is 10.2 Å². The summed E-state index contributed by atoms with van der Waals surface area (Å²) in [5.74, 6) is 1.42. The molecule has 1 aromatic rings. The van der Waals surface area contributed by atoms with Gasteiger partial charge in [-0.25, -0.2) is 4.98 Å². The van der Waals surface area contributed by atoms with Gasteiger partial charge in [0, 0.05) is 30.6 Å². The normalized spacial score (nSPS) is 18.0. The summed E-state index contributed by atoms with van der Waals surface area (Å²) >= 11 is 1.88. The third-order valence-electron chi connectivity index (χ3n) is 4.68. The predicted molar refractivity (Wildman–Crippen MR) is 93.4 cm³/mol. The lowest BCUT2D eigenvalue weighted by Gasteiger charge is -2.24. The fourth-order valence-electron chi connectivity index (χ4n) is 2.57. The van der Waals surface area contributed by atoms with Crippen molar-refractivity contribution < 1.29 is 0 Å². The van der Waals surface area contributed by atoms with Gasteiger partial charge in [0.05, 0.1) is 5.69 Å². The van der Waals surface area contributed by atoms with Crippen LogP contribution in [0.4, 0.5) is 5.13 Å². The maximum atomic E-state index is 4.99. The number of nitrogens with zero attached hydrogens (tertiary/aromatic N) is 2. The van der Waals surface area contributed by atoms with E-state index in [4.69, 9.17) is 4.98 Å². The summed E-state index contributed by atoms with van der Waals surface area (Å²) in [7, 11) is 2.21. The van der Waals surface area contributed by atoms with Crippen molar-refractivity contribution in [2.24, 2.45) is 5.92 Å². The fourth-order valence-corrected chi connectivity index (χ4v) is 3.75. The zero-order chi connectivity index (χ0) is 15.6. The maximum Gasteiger partial charge on any atom is 0.185 e. The molecule has 0 spiro atoms. The van der Waals surface area contributed by atoms with Gasteiger partial charge in [-0.2, -0.15) is 0 Å². The molecule has 0 saturated heterocycles. The van der Waals surface area contributed by atoms with Crippen molar-refractivity contribution in [3.05, 3.63) is 10.6 Å². The monoisotopic (exact) mass is 309 g/mol. The fraction of sp³-hybridized carbons (Fsp3) is 0.824. The van der Waals surface area contributed by atoms with Gasteiger partial charge in [0.2, 0.25) is 0 Å². The molecule has 0 aromatic carbocycles. The average molecular weight is 310 g/mol. The molecule has 2 rings (SSSR count). The summed E-state index contributed by atoms with van der Waals surface area (Å²) in [5.41, 5.74) is 1.31. The van der Waals surface area contributed by atoms with Gasteiger partial charge in [0.25, 0.3) is 0 Å². The van der Waals surface area contributed by atoms with Gasteiger partial charge in [-0.3, -0.25) is 0 Å². The number of nitrogens with one attached hydrogen (secondary N) is 1. The molecule has 1 fully saturated rings. The lowest BCUT2D eigenvalue weighted by Crippen LogP contribution is -2.30. The van der Waals surface area contributed by atoms with Gasteiger partial charge >= 0.3 is 0 Å². The molecule has 3 nitrogen and oxygen atoms in total. The Labute approximate surface area is 134 Å². The molecule has 21 heavy (non-hydrogen) atoms. The van der Waals surface area contributed by atoms with Gasteiger partial charge in [0.1, 0.15) is 0 Å². The highest BCUT2D eigenvalue weighted by atomic mass is 32.1. The highest BCUT2D eigenvalue weighted by Gasteiger charge is 2.32. The molecule has 1 aliphatic rings. The first kappa shape index (κ1) is 16.8. The molecule has 2 atom stereocenters. The lowest BCUT2D eigenvalue weighted by molar-refractivity contribution is 0.584. The van der Waals surface area contributed by atoms with Crippen LogP contribution in [0.5, 0.6) is 0 Å². The first-order chi connectivity index (χ1) is 9.93. The van der Waals surface area contributed by atoms with Crippen molar-refractivity contribution in [3.63, 3.8) is 0 Å². The van der Waals surface area contributed by atoms with Crippen LogP contribution in [0.3, 0.4) is 0 Å². The third kappa shape index (κ3) is 4.19. The smallest absolute Gasteiger partial charge is 0.185 e. The summed E-state index contributed by atoms with van der Waals surface area (Å²) in [6.45, 7) is 12.2. The van der Waals surface area contributed by atoms with Crippen LogP contribution >= 0.6 is 11.3 Å². The topological polar surface area (TPSA) is 28.2 Å². The SMILES string of the molecule is CCC(C)c1nc(N(C)C(C)C2CC2)sc1CNC(C)C. The second-order valence-electron chi connectivity index (χ2n) is 6.84. The van der Waals surface area contributed by atoms with Crippen molar-refractivity contribution in [1.29, 1.82) is 0 Å². The van der Waals surface area contributed by atoms with Crippen LogP contribution in [0.15, 0.2) is 0 Å². The maximum absolute atomic E-state index is 4.99. The van der Waals surface area contributed by atoms with Crippen molar-refractivity contribution in [2.45, 2.75) is 78.4 Å². The number of rotatable bonds is 8. The van der Waals surface area contributed by atoms with Crippen LogP contribution in [0.2, 0.25) is 0 Å². The third-order valence-corrected chi connectivity index (χ3v) is 5.84. The van der Waals surface area contributed by atoms with Crippen LogP contribution in [0, 0.1) is 5.92 Å². The molecule has 1 heterocycles. The highest BCUT2D eigenvalue weighted by Crippen LogP contribution is 2.38. The van der Waals surface area contributed by atoms with Gasteiger partial charge in [-0.15, -0.1) is 11.3 Å². The molecular weight excluding hydrogens is 278 g/mol. The van der Waals surface area contributed by atoms with Crippen LogP contribution in [0.1, 0.15) is 70.4 Å². The minimum absolute atomic E-state index is 0.517. The van der Waals surface area contributed by atoms with Crippen LogP contribution in [0.25, 0.3) is 0 Å². The Morgan fingerprint density at radius 1 is 1.29 bits per heavy atom. The predicted octanol–water partition coefficient (Wildman–Crippen LogP) is 4.39. The van der Waals surface area contributed by atoms with Crippen LogP contribution in [-0.4, -0.2) is 24.1 Å². The van der Waals surface area contributed by atoms with Gasteiger partial charge < -0.3 is 10.2 Å². The Morgan fingerprint density at radius 2 is 1.95 bits per heavy atom. The van der Waals surface area contributed by atoms with Crippen molar-refractivity contribution in [2.75, 3.05) is 11.9 Å². The number of thiazole rings is 1. The Hall–Kier alpha value is -0.610. The van der Waals surface area contributed by atoms with E-state index in [1.54, 1.807) is 0 Å². The van der Waals surface area contributed by atoms with Gasteiger partial charge in [-0.05, 0) is 38.0 Å². The Bertz CT molecular complexity index is 451. The van der Waals surface area contributed by atoms with E-state index >= 15 is 0 Å². The Balaban J connectivity index is 2.17. The Morgan fingerprint density at radius 3 is 2.48 bits per heavy atom. The number of anilines is 1. The molecule has 120 valence electrons. The van der Waals surface area contributed by atoms with E-state index in [0.717, 1.165) is 18.9 Å². The zero-order valence-corrected chi connectivity index (χ0v) is 15.3. The number of hydrogen-bond donors (Lipinski definition) is 1. The molecule has 2 unspecified atom stereocenters. The minimum Gasteiger partial charge on any atom is -0.348 e. The molecule has 1 N–H and O–H groups in total.